The van der Waals surface area contributed by atoms with Gasteiger partial charge < -0.3 is 14.8 Å². The monoisotopic (exact) mass is 191 g/mol. The molecule has 4 nitrogen and oxygen atoms in total. The van der Waals surface area contributed by atoms with Crippen molar-refractivity contribution in [2.75, 3.05) is 18.7 Å². The third kappa shape index (κ3) is 1.04. The minimum atomic E-state index is 0.205. The van der Waals surface area contributed by atoms with Crippen LogP contribution < -0.4 is 14.8 Å². The van der Waals surface area contributed by atoms with Crippen LogP contribution in [-0.4, -0.2) is 19.1 Å². The number of anilines is 1. The summed E-state index contributed by atoms with van der Waals surface area (Å²) in [6.45, 7) is 0.679. The molecule has 72 valence electrons. The van der Waals surface area contributed by atoms with Gasteiger partial charge in [0.25, 0.3) is 0 Å². The van der Waals surface area contributed by atoms with Crippen molar-refractivity contribution in [1.29, 1.82) is 0 Å². The Kier molecular flexibility index (Phi) is 1.45. The fraction of sp³-hybridized carbons (Fsp3) is 0.300. The van der Waals surface area contributed by atoms with Gasteiger partial charge in [-0.2, -0.15) is 0 Å². The van der Waals surface area contributed by atoms with Crippen molar-refractivity contribution >= 4 is 11.5 Å². The van der Waals surface area contributed by atoms with E-state index in [4.69, 9.17) is 9.47 Å². The highest BCUT2D eigenvalue weighted by Crippen LogP contribution is 2.38. The van der Waals surface area contributed by atoms with Gasteiger partial charge in [0.2, 0.25) is 6.79 Å². The lowest BCUT2D eigenvalue weighted by atomic mass is 10.0. The van der Waals surface area contributed by atoms with Gasteiger partial charge in [-0.15, -0.1) is 0 Å². The molecule has 0 saturated carbocycles. The van der Waals surface area contributed by atoms with Crippen LogP contribution in [-0.2, 0) is 11.2 Å². The number of Topliss-reactive ketones (excluding diaryl/α,β-unsaturated/α-hetero) is 1. The van der Waals surface area contributed by atoms with Gasteiger partial charge >= 0.3 is 0 Å². The molecule has 2 aliphatic heterocycles. The van der Waals surface area contributed by atoms with E-state index in [1.165, 1.54) is 0 Å². The van der Waals surface area contributed by atoms with Crippen molar-refractivity contribution in [2.24, 2.45) is 0 Å². The second kappa shape index (κ2) is 2.64. The summed E-state index contributed by atoms with van der Waals surface area (Å²) in [5.74, 6) is 1.70. The molecule has 1 N–H and O–H groups in total. The summed E-state index contributed by atoms with van der Waals surface area (Å²) in [6, 6.07) is 3.77. The summed E-state index contributed by atoms with van der Waals surface area (Å²) in [5.41, 5.74) is 1.97. The number of nitrogens with one attached hydrogen (secondary N) is 1. The Balaban J connectivity index is 2.10. The number of ether oxygens (including phenoxy) is 2. The van der Waals surface area contributed by atoms with E-state index in [-0.39, 0.29) is 12.6 Å². The number of carbonyl (C=O) groups excluding carboxylic acids is 1. The molecule has 2 heterocycles. The molecule has 0 atom stereocenters. The number of hydrogen-bond donors (Lipinski definition) is 1. The van der Waals surface area contributed by atoms with E-state index in [9.17, 15) is 4.79 Å². The molecule has 0 aliphatic carbocycles. The molecule has 0 aromatic heterocycles. The van der Waals surface area contributed by atoms with Crippen molar-refractivity contribution in [3.63, 3.8) is 0 Å². The van der Waals surface area contributed by atoms with Gasteiger partial charge in [-0.25, -0.2) is 0 Å². The summed E-state index contributed by atoms with van der Waals surface area (Å²) in [4.78, 5) is 11.2. The molecule has 0 spiro atoms. The average molecular weight is 191 g/mol. The fourth-order valence-corrected chi connectivity index (χ4v) is 1.76. The zero-order chi connectivity index (χ0) is 9.54. The van der Waals surface area contributed by atoms with Crippen LogP contribution in [0.25, 0.3) is 0 Å². The van der Waals surface area contributed by atoms with Crippen molar-refractivity contribution in [3.8, 4) is 11.5 Å². The smallest absolute Gasteiger partial charge is 0.231 e. The van der Waals surface area contributed by atoms with Gasteiger partial charge in [0.1, 0.15) is 0 Å². The molecule has 0 unspecified atom stereocenters. The molecule has 14 heavy (non-hydrogen) atoms. The molecule has 4 heteroatoms. The van der Waals surface area contributed by atoms with E-state index >= 15 is 0 Å². The van der Waals surface area contributed by atoms with Crippen LogP contribution in [0.15, 0.2) is 12.1 Å². The first-order chi connectivity index (χ1) is 6.83. The van der Waals surface area contributed by atoms with Gasteiger partial charge in [0, 0.05) is 18.2 Å². The minimum Gasteiger partial charge on any atom is -0.454 e. The predicted octanol–water partition coefficient (Wildman–Crippen LogP) is 0.952. The van der Waals surface area contributed by atoms with Crippen LogP contribution in [0.5, 0.6) is 11.5 Å². The van der Waals surface area contributed by atoms with E-state index in [2.05, 4.69) is 5.32 Å². The standard InChI is InChI=1S/C10H9NO3/c12-7-1-6-2-9-10(14-5-13-9)3-8(6)11-4-7/h2-3,11H,1,4-5H2. The van der Waals surface area contributed by atoms with Crippen LogP contribution in [0.1, 0.15) is 5.56 Å². The number of ketones is 1. The lowest BCUT2D eigenvalue weighted by Crippen LogP contribution is -2.22. The lowest BCUT2D eigenvalue weighted by Gasteiger charge is -2.17. The Morgan fingerprint density at radius 1 is 1.21 bits per heavy atom. The Labute approximate surface area is 80.8 Å². The van der Waals surface area contributed by atoms with Crippen molar-refractivity contribution in [1.82, 2.24) is 0 Å². The molecule has 3 rings (SSSR count). The molecule has 0 fully saturated rings. The first-order valence-corrected chi connectivity index (χ1v) is 4.51. The average Bonchev–Trinajstić information content (AvgIpc) is 2.61. The van der Waals surface area contributed by atoms with Crippen molar-refractivity contribution in [3.05, 3.63) is 17.7 Å². The molecular formula is C10H9NO3. The first kappa shape index (κ1) is 7.67. The summed E-state index contributed by atoms with van der Waals surface area (Å²) in [7, 11) is 0. The quantitative estimate of drug-likeness (QED) is 0.663. The number of rotatable bonds is 0. The summed E-state index contributed by atoms with van der Waals surface area (Å²) in [5, 5.41) is 3.06. The van der Waals surface area contributed by atoms with E-state index in [0.717, 1.165) is 22.7 Å². The fourth-order valence-electron chi connectivity index (χ4n) is 1.76. The SMILES string of the molecule is O=C1CNc2cc3c(cc2C1)OCO3. The number of hydrogen-bond acceptors (Lipinski definition) is 4. The van der Waals surface area contributed by atoms with Crippen molar-refractivity contribution < 1.29 is 14.3 Å². The van der Waals surface area contributed by atoms with Gasteiger partial charge in [0.05, 0.1) is 6.54 Å². The molecule has 0 radical (unpaired) electrons. The van der Waals surface area contributed by atoms with Gasteiger partial charge in [0.15, 0.2) is 17.3 Å². The molecule has 0 amide bonds. The topological polar surface area (TPSA) is 47.6 Å². The van der Waals surface area contributed by atoms with Gasteiger partial charge in [-0.1, -0.05) is 0 Å². The van der Waals surface area contributed by atoms with Crippen LogP contribution in [0, 0.1) is 0 Å². The zero-order valence-electron chi connectivity index (χ0n) is 7.50. The molecule has 2 aliphatic rings. The number of fused-ring (bicyclic) bond motifs is 2. The lowest BCUT2D eigenvalue weighted by molar-refractivity contribution is -0.117. The summed E-state index contributed by atoms with van der Waals surface area (Å²) < 4.78 is 10.5. The maximum absolute atomic E-state index is 11.2. The normalized spacial score (nSPS) is 17.6. The second-order valence-corrected chi connectivity index (χ2v) is 3.43. The summed E-state index contributed by atoms with van der Waals surface area (Å²) >= 11 is 0. The summed E-state index contributed by atoms with van der Waals surface area (Å²) in [6.07, 6.45) is 0.485. The van der Waals surface area contributed by atoms with E-state index in [1.54, 1.807) is 0 Å². The highest BCUT2D eigenvalue weighted by atomic mass is 16.7. The van der Waals surface area contributed by atoms with Crippen molar-refractivity contribution in [2.45, 2.75) is 6.42 Å². The van der Waals surface area contributed by atoms with Crippen LogP contribution in [0.4, 0.5) is 5.69 Å². The maximum Gasteiger partial charge on any atom is 0.231 e. The number of carbonyl (C=O) groups is 1. The highest BCUT2D eigenvalue weighted by molar-refractivity contribution is 5.90. The highest BCUT2D eigenvalue weighted by Gasteiger charge is 2.21. The van der Waals surface area contributed by atoms with E-state index < -0.39 is 0 Å². The largest absolute Gasteiger partial charge is 0.454 e. The predicted molar refractivity (Wildman–Crippen MR) is 49.8 cm³/mol. The van der Waals surface area contributed by atoms with E-state index in [0.29, 0.717) is 13.0 Å². The minimum absolute atomic E-state index is 0.205. The third-order valence-electron chi connectivity index (χ3n) is 2.46. The molecule has 1 aromatic carbocycles. The van der Waals surface area contributed by atoms with Crippen LogP contribution in [0.3, 0.4) is 0 Å². The van der Waals surface area contributed by atoms with E-state index in [1.807, 2.05) is 12.1 Å². The number of benzene rings is 1. The van der Waals surface area contributed by atoms with Crippen LogP contribution >= 0.6 is 0 Å². The molecular weight excluding hydrogens is 182 g/mol. The Morgan fingerprint density at radius 3 is 2.86 bits per heavy atom. The zero-order valence-corrected chi connectivity index (χ0v) is 7.50. The van der Waals surface area contributed by atoms with Crippen LogP contribution in [0.2, 0.25) is 0 Å². The third-order valence-corrected chi connectivity index (χ3v) is 2.46. The first-order valence-electron chi connectivity index (χ1n) is 4.51. The molecule has 1 aromatic rings. The molecule has 0 bridgehead atoms. The Bertz CT molecular complexity index is 414. The second-order valence-electron chi connectivity index (χ2n) is 3.43. The Morgan fingerprint density at radius 2 is 2.00 bits per heavy atom. The van der Waals surface area contributed by atoms with Gasteiger partial charge in [-0.3, -0.25) is 4.79 Å². The molecule has 0 saturated heterocycles. The van der Waals surface area contributed by atoms with Gasteiger partial charge in [-0.05, 0) is 11.6 Å². The maximum atomic E-state index is 11.2. The Hall–Kier alpha value is -1.71.